The van der Waals surface area contributed by atoms with Crippen molar-refractivity contribution >= 4 is 21.4 Å². The number of imidazole rings is 1. The largest absolute Gasteiger partial charge is 0.290 e. The van der Waals surface area contributed by atoms with Crippen LogP contribution in [0.4, 0.5) is 4.39 Å². The van der Waals surface area contributed by atoms with Gasteiger partial charge in [-0.05, 0) is 45.8 Å². The Hall–Kier alpha value is -1.68. The molecule has 0 atom stereocenters. The number of aromatic nitrogens is 2. The molecule has 0 amide bonds. The van der Waals surface area contributed by atoms with Crippen LogP contribution in [-0.2, 0) is 6.42 Å². The summed E-state index contributed by atoms with van der Waals surface area (Å²) in [5, 5.41) is 0. The summed E-state index contributed by atoms with van der Waals surface area (Å²) in [6.07, 6.45) is 2.51. The van der Waals surface area contributed by atoms with Gasteiger partial charge in [0.15, 0.2) is 0 Å². The summed E-state index contributed by atoms with van der Waals surface area (Å²) in [7, 11) is 0. The zero-order valence-electron chi connectivity index (χ0n) is 9.48. The Morgan fingerprint density at radius 2 is 1.89 bits per heavy atom. The zero-order chi connectivity index (χ0) is 12.5. The number of hydrogen-bond donors (Lipinski definition) is 0. The molecule has 0 fully saturated rings. The Labute approximate surface area is 112 Å². The second-order valence-corrected chi connectivity index (χ2v) is 4.90. The highest BCUT2D eigenvalue weighted by atomic mass is 79.9. The third kappa shape index (κ3) is 2.04. The van der Waals surface area contributed by atoms with E-state index in [4.69, 9.17) is 0 Å². The quantitative estimate of drug-likeness (QED) is 0.658. The van der Waals surface area contributed by atoms with Crippen LogP contribution in [0.25, 0.3) is 5.52 Å². The first-order chi connectivity index (χ1) is 8.74. The Morgan fingerprint density at radius 1 is 1.11 bits per heavy atom. The summed E-state index contributed by atoms with van der Waals surface area (Å²) in [6, 6.07) is 12.5. The minimum Gasteiger partial charge on any atom is -0.290 e. The summed E-state index contributed by atoms with van der Waals surface area (Å²) in [6.45, 7) is 0. The van der Waals surface area contributed by atoms with E-state index in [9.17, 15) is 4.39 Å². The van der Waals surface area contributed by atoms with Crippen LogP contribution in [0.1, 0.15) is 11.4 Å². The highest BCUT2D eigenvalue weighted by Crippen LogP contribution is 2.18. The molecule has 0 bridgehead atoms. The molecule has 3 rings (SSSR count). The molecule has 0 aliphatic carbocycles. The van der Waals surface area contributed by atoms with Gasteiger partial charge in [-0.2, -0.15) is 0 Å². The standard InChI is InChI=1S/C14H10BrFN2/c15-13-3-1-2-12-9-17-14(18(12)13)8-10-4-6-11(16)7-5-10/h1-7,9H,8H2. The topological polar surface area (TPSA) is 17.3 Å². The van der Waals surface area contributed by atoms with Crippen LogP contribution in [0.5, 0.6) is 0 Å². The Morgan fingerprint density at radius 3 is 2.67 bits per heavy atom. The zero-order valence-corrected chi connectivity index (χ0v) is 11.1. The van der Waals surface area contributed by atoms with E-state index < -0.39 is 0 Å². The molecule has 4 heteroatoms. The van der Waals surface area contributed by atoms with Crippen molar-refractivity contribution in [3.8, 4) is 0 Å². The number of hydrogen-bond acceptors (Lipinski definition) is 1. The van der Waals surface area contributed by atoms with Crippen LogP contribution < -0.4 is 0 Å². The van der Waals surface area contributed by atoms with Crippen LogP contribution in [-0.4, -0.2) is 9.38 Å². The first kappa shape index (κ1) is 11.4. The third-order valence-corrected chi connectivity index (χ3v) is 3.47. The van der Waals surface area contributed by atoms with Gasteiger partial charge in [-0.15, -0.1) is 0 Å². The van der Waals surface area contributed by atoms with Crippen molar-refractivity contribution in [2.24, 2.45) is 0 Å². The lowest BCUT2D eigenvalue weighted by Crippen LogP contribution is -1.97. The van der Waals surface area contributed by atoms with Crippen LogP contribution in [0.2, 0.25) is 0 Å². The molecular weight excluding hydrogens is 295 g/mol. The first-order valence-electron chi connectivity index (χ1n) is 5.59. The van der Waals surface area contributed by atoms with Crippen LogP contribution in [0, 0.1) is 5.82 Å². The third-order valence-electron chi connectivity index (χ3n) is 2.85. The molecule has 0 radical (unpaired) electrons. The van der Waals surface area contributed by atoms with Gasteiger partial charge in [0, 0.05) is 6.42 Å². The molecule has 0 saturated heterocycles. The lowest BCUT2D eigenvalue weighted by Gasteiger charge is -2.04. The molecule has 90 valence electrons. The maximum absolute atomic E-state index is 12.9. The van der Waals surface area contributed by atoms with Gasteiger partial charge in [0.25, 0.3) is 0 Å². The molecule has 18 heavy (non-hydrogen) atoms. The maximum atomic E-state index is 12.9. The van der Waals surface area contributed by atoms with Gasteiger partial charge in [0.2, 0.25) is 0 Å². The number of halogens is 2. The second-order valence-electron chi connectivity index (χ2n) is 4.09. The normalized spacial score (nSPS) is 11.0. The summed E-state index contributed by atoms with van der Waals surface area (Å²) in [5.41, 5.74) is 2.08. The molecule has 0 saturated carbocycles. The summed E-state index contributed by atoms with van der Waals surface area (Å²) >= 11 is 3.51. The highest BCUT2D eigenvalue weighted by molar-refractivity contribution is 9.10. The minimum absolute atomic E-state index is 0.215. The van der Waals surface area contributed by atoms with E-state index >= 15 is 0 Å². The monoisotopic (exact) mass is 304 g/mol. The van der Waals surface area contributed by atoms with Gasteiger partial charge in [0.05, 0.1) is 16.3 Å². The molecule has 0 N–H and O–H groups in total. The van der Waals surface area contributed by atoms with E-state index in [2.05, 4.69) is 20.9 Å². The molecule has 2 heterocycles. The fourth-order valence-corrected chi connectivity index (χ4v) is 2.54. The predicted molar refractivity (Wildman–Crippen MR) is 72.1 cm³/mol. The number of benzene rings is 1. The van der Waals surface area contributed by atoms with Crippen molar-refractivity contribution in [1.29, 1.82) is 0 Å². The molecule has 0 aliphatic rings. The fourth-order valence-electron chi connectivity index (χ4n) is 1.98. The number of nitrogens with zero attached hydrogens (tertiary/aromatic N) is 2. The van der Waals surface area contributed by atoms with Gasteiger partial charge >= 0.3 is 0 Å². The molecular formula is C14H10BrFN2. The average molecular weight is 305 g/mol. The fraction of sp³-hybridized carbons (Fsp3) is 0.0714. The number of pyridine rings is 1. The molecule has 2 nitrogen and oxygen atoms in total. The molecule has 3 aromatic rings. The average Bonchev–Trinajstić information content (AvgIpc) is 2.77. The van der Waals surface area contributed by atoms with Gasteiger partial charge in [-0.1, -0.05) is 18.2 Å². The highest BCUT2D eigenvalue weighted by Gasteiger charge is 2.07. The summed E-state index contributed by atoms with van der Waals surface area (Å²) in [4.78, 5) is 4.41. The second kappa shape index (κ2) is 4.53. The van der Waals surface area contributed by atoms with Gasteiger partial charge in [-0.25, -0.2) is 9.37 Å². The van der Waals surface area contributed by atoms with E-state index in [0.717, 1.165) is 21.5 Å². The van der Waals surface area contributed by atoms with Crippen molar-refractivity contribution in [1.82, 2.24) is 9.38 Å². The van der Waals surface area contributed by atoms with Crippen molar-refractivity contribution < 1.29 is 4.39 Å². The van der Waals surface area contributed by atoms with E-state index in [1.54, 1.807) is 12.1 Å². The molecule has 0 unspecified atom stereocenters. The number of fused-ring (bicyclic) bond motifs is 1. The van der Waals surface area contributed by atoms with Crippen LogP contribution in [0.3, 0.4) is 0 Å². The van der Waals surface area contributed by atoms with Crippen LogP contribution in [0.15, 0.2) is 53.3 Å². The van der Waals surface area contributed by atoms with Gasteiger partial charge in [-0.3, -0.25) is 4.40 Å². The van der Waals surface area contributed by atoms with Crippen LogP contribution >= 0.6 is 15.9 Å². The maximum Gasteiger partial charge on any atom is 0.123 e. The lowest BCUT2D eigenvalue weighted by atomic mass is 10.1. The molecule has 2 aromatic heterocycles. The molecule has 0 spiro atoms. The van der Waals surface area contributed by atoms with E-state index in [0.29, 0.717) is 6.42 Å². The minimum atomic E-state index is -0.215. The van der Waals surface area contributed by atoms with Gasteiger partial charge in [0.1, 0.15) is 11.6 Å². The Balaban J connectivity index is 2.02. The molecule has 1 aromatic carbocycles. The van der Waals surface area contributed by atoms with Crippen molar-refractivity contribution in [3.05, 3.63) is 70.5 Å². The smallest absolute Gasteiger partial charge is 0.123 e. The van der Waals surface area contributed by atoms with Crippen molar-refractivity contribution in [3.63, 3.8) is 0 Å². The SMILES string of the molecule is Fc1ccc(Cc2ncc3cccc(Br)n23)cc1. The first-order valence-corrected chi connectivity index (χ1v) is 6.38. The van der Waals surface area contributed by atoms with Crippen molar-refractivity contribution in [2.75, 3.05) is 0 Å². The Bertz CT molecular complexity index is 689. The van der Waals surface area contributed by atoms with E-state index in [1.807, 2.05) is 28.8 Å². The Kier molecular flexibility index (Phi) is 2.88. The van der Waals surface area contributed by atoms with Crippen molar-refractivity contribution in [2.45, 2.75) is 6.42 Å². The van der Waals surface area contributed by atoms with E-state index in [-0.39, 0.29) is 5.82 Å². The van der Waals surface area contributed by atoms with E-state index in [1.165, 1.54) is 12.1 Å². The molecule has 0 aliphatic heterocycles. The van der Waals surface area contributed by atoms with Gasteiger partial charge < -0.3 is 0 Å². The summed E-state index contributed by atoms with van der Waals surface area (Å²) in [5.74, 6) is 0.719. The lowest BCUT2D eigenvalue weighted by molar-refractivity contribution is 0.627. The summed E-state index contributed by atoms with van der Waals surface area (Å²) < 4.78 is 15.9. The number of rotatable bonds is 2. The predicted octanol–water partition coefficient (Wildman–Crippen LogP) is 3.83.